The molecule has 0 aromatic carbocycles. The van der Waals surface area contributed by atoms with Gasteiger partial charge in [0.1, 0.15) is 3.53 Å². The Kier molecular flexibility index (Phi) is 15.1. The van der Waals surface area contributed by atoms with Crippen LogP contribution in [0.15, 0.2) is 0 Å². The minimum absolute atomic E-state index is 0.142. The number of phosphoric acid groups is 1. The summed E-state index contributed by atoms with van der Waals surface area (Å²) in [5.74, 6) is 2.23. The van der Waals surface area contributed by atoms with Gasteiger partial charge in [0, 0.05) is 0 Å². The van der Waals surface area contributed by atoms with Gasteiger partial charge in [-0.1, -0.05) is 51.2 Å². The van der Waals surface area contributed by atoms with Gasteiger partial charge in [0.2, 0.25) is 0 Å². The summed E-state index contributed by atoms with van der Waals surface area (Å²) in [6.45, 7) is 2.33. The molecule has 0 spiro atoms. The van der Waals surface area contributed by atoms with E-state index in [9.17, 15) is 4.57 Å². The van der Waals surface area contributed by atoms with Crippen LogP contribution in [0.1, 0.15) is 58.3 Å². The Labute approximate surface area is 142 Å². The topological polar surface area (TPSA) is 66.8 Å². The zero-order valence-corrected chi connectivity index (χ0v) is 16.0. The highest BCUT2D eigenvalue weighted by atomic mass is 32.2. The highest BCUT2D eigenvalue weighted by Crippen LogP contribution is 2.35. The molecule has 0 bridgehead atoms. The molecule has 21 heavy (non-hydrogen) atoms. The van der Waals surface area contributed by atoms with Crippen LogP contribution in [0.2, 0.25) is 0 Å². The van der Waals surface area contributed by atoms with Crippen LogP contribution in [-0.4, -0.2) is 31.4 Å². The van der Waals surface area contributed by atoms with Gasteiger partial charge in [0.05, 0.1) is 6.61 Å². The number of hydrogen-bond acceptors (Lipinski definition) is 5. The second-order valence-electron chi connectivity index (χ2n) is 4.75. The first-order valence-electron chi connectivity index (χ1n) is 7.45. The molecule has 0 saturated heterocycles. The third-order valence-electron chi connectivity index (χ3n) is 2.74. The molecule has 0 saturated carbocycles. The Morgan fingerprint density at radius 1 is 1.00 bits per heavy atom. The maximum absolute atomic E-state index is 10.4. The van der Waals surface area contributed by atoms with Crippen LogP contribution >= 0.6 is 43.6 Å². The summed E-state index contributed by atoms with van der Waals surface area (Å²) in [4.78, 5) is 17.0. The maximum atomic E-state index is 10.4. The fraction of sp³-hybridized carbons (Fsp3) is 0.923. The van der Waals surface area contributed by atoms with E-state index in [1.807, 2.05) is 0 Å². The van der Waals surface area contributed by atoms with Crippen molar-refractivity contribution in [1.82, 2.24) is 0 Å². The van der Waals surface area contributed by atoms with E-state index in [1.54, 1.807) is 23.5 Å². The zero-order chi connectivity index (χ0) is 16.0. The van der Waals surface area contributed by atoms with Crippen LogP contribution in [0, 0.1) is 0 Å². The fourth-order valence-corrected chi connectivity index (χ4v) is 4.41. The molecule has 2 N–H and O–H groups in total. The second kappa shape index (κ2) is 14.5. The summed E-state index contributed by atoms with van der Waals surface area (Å²) in [5.41, 5.74) is 0. The maximum Gasteiger partial charge on any atom is 0.469 e. The molecular weight excluding hydrogens is 347 g/mol. The monoisotopic (exact) mass is 374 g/mol. The molecule has 126 valence electrons. The van der Waals surface area contributed by atoms with E-state index in [2.05, 4.69) is 11.4 Å². The molecule has 0 aromatic heterocycles. The largest absolute Gasteiger partial charge is 0.469 e. The van der Waals surface area contributed by atoms with E-state index in [4.69, 9.17) is 22.0 Å². The molecule has 0 amide bonds. The first-order chi connectivity index (χ1) is 9.95. The van der Waals surface area contributed by atoms with Crippen LogP contribution in [0.3, 0.4) is 0 Å². The van der Waals surface area contributed by atoms with E-state index in [0.29, 0.717) is 6.42 Å². The van der Waals surface area contributed by atoms with Crippen LogP contribution in [0.25, 0.3) is 0 Å². The lowest BCUT2D eigenvalue weighted by atomic mass is 10.1. The summed E-state index contributed by atoms with van der Waals surface area (Å²) in [6.07, 6.45) is 8.73. The minimum Gasteiger partial charge on any atom is -0.303 e. The number of thiocarbonyl (C=S) groups is 1. The molecule has 0 fully saturated rings. The van der Waals surface area contributed by atoms with E-state index in [-0.39, 0.29) is 6.61 Å². The molecule has 0 unspecified atom stereocenters. The molecule has 4 nitrogen and oxygen atoms in total. The lowest BCUT2D eigenvalue weighted by molar-refractivity contribution is 0.193. The Hall–Kier alpha value is 0.900. The molecule has 0 aliphatic rings. The summed E-state index contributed by atoms with van der Waals surface area (Å²) in [5, 5.41) is 0. The predicted molar refractivity (Wildman–Crippen MR) is 98.1 cm³/mol. The molecule has 0 aromatic rings. The van der Waals surface area contributed by atoms with Crippen molar-refractivity contribution in [3.05, 3.63) is 0 Å². The van der Waals surface area contributed by atoms with Crippen LogP contribution in [0.4, 0.5) is 0 Å². The zero-order valence-electron chi connectivity index (χ0n) is 12.7. The van der Waals surface area contributed by atoms with Crippen LogP contribution in [0.5, 0.6) is 0 Å². The molecular formula is C13H27O4PS3. The Balaban J connectivity index is 3.19. The van der Waals surface area contributed by atoms with Crippen molar-refractivity contribution >= 4 is 47.1 Å². The van der Waals surface area contributed by atoms with E-state index in [1.165, 1.54) is 25.7 Å². The van der Waals surface area contributed by atoms with Crippen molar-refractivity contribution in [2.24, 2.45) is 0 Å². The summed E-state index contributed by atoms with van der Waals surface area (Å²) in [6, 6.07) is 0. The van der Waals surface area contributed by atoms with Gasteiger partial charge in [0.15, 0.2) is 0 Å². The molecule has 0 aliphatic heterocycles. The van der Waals surface area contributed by atoms with Gasteiger partial charge in [-0.15, -0.1) is 23.5 Å². The fourth-order valence-electron chi connectivity index (χ4n) is 1.59. The first kappa shape index (κ1) is 21.9. The molecule has 0 radical (unpaired) electrons. The van der Waals surface area contributed by atoms with Crippen LogP contribution in [-0.2, 0) is 9.09 Å². The van der Waals surface area contributed by atoms with Crippen molar-refractivity contribution in [3.63, 3.8) is 0 Å². The normalized spacial score (nSPS) is 11.8. The van der Waals surface area contributed by atoms with Gasteiger partial charge in [0.25, 0.3) is 0 Å². The second-order valence-corrected chi connectivity index (χ2v) is 9.38. The Bertz CT molecular complexity index is 310. The van der Waals surface area contributed by atoms with Gasteiger partial charge in [-0.25, -0.2) is 4.57 Å². The highest BCUT2D eigenvalue weighted by Gasteiger charge is 2.12. The number of rotatable bonds is 13. The van der Waals surface area contributed by atoms with Crippen molar-refractivity contribution in [2.45, 2.75) is 58.3 Å². The standard InChI is InChI=1S/C13H27O4PS3/c1-2-3-11-20-13(19)21-12-9-7-5-4-6-8-10-17-18(14,15)16/h2-12H2,1H3,(H2,14,15,16). The van der Waals surface area contributed by atoms with E-state index < -0.39 is 7.82 Å². The minimum atomic E-state index is -4.27. The molecule has 8 heteroatoms. The average Bonchev–Trinajstić information content (AvgIpc) is 2.40. The SMILES string of the molecule is CCCCSC(=S)SCCCCCCCCOP(=O)(O)O. The van der Waals surface area contributed by atoms with Gasteiger partial charge in [-0.2, -0.15) is 0 Å². The summed E-state index contributed by atoms with van der Waals surface area (Å²) < 4.78 is 15.9. The third-order valence-corrected chi connectivity index (χ3v) is 6.13. The van der Waals surface area contributed by atoms with Gasteiger partial charge < -0.3 is 9.79 Å². The smallest absolute Gasteiger partial charge is 0.303 e. The Morgan fingerprint density at radius 2 is 1.52 bits per heavy atom. The lowest BCUT2D eigenvalue weighted by Crippen LogP contribution is -1.92. The van der Waals surface area contributed by atoms with E-state index >= 15 is 0 Å². The Morgan fingerprint density at radius 3 is 2.10 bits per heavy atom. The number of hydrogen-bond donors (Lipinski definition) is 2. The molecule has 0 aliphatic carbocycles. The first-order valence-corrected chi connectivity index (χ1v) is 11.4. The quantitative estimate of drug-likeness (QED) is 0.267. The predicted octanol–water partition coefficient (Wildman–Crippen LogP) is 4.99. The van der Waals surface area contributed by atoms with Gasteiger partial charge in [-0.3, -0.25) is 4.52 Å². The molecule has 0 heterocycles. The summed E-state index contributed by atoms with van der Waals surface area (Å²) >= 11 is 8.88. The average molecular weight is 375 g/mol. The van der Waals surface area contributed by atoms with Crippen molar-refractivity contribution < 1.29 is 18.9 Å². The third kappa shape index (κ3) is 18.9. The number of phosphoric ester groups is 1. The number of thioether (sulfide) groups is 2. The van der Waals surface area contributed by atoms with Gasteiger partial charge >= 0.3 is 7.82 Å². The van der Waals surface area contributed by atoms with Crippen LogP contribution < -0.4 is 0 Å². The summed E-state index contributed by atoms with van der Waals surface area (Å²) in [7, 11) is -4.27. The van der Waals surface area contributed by atoms with Crippen molar-refractivity contribution in [2.75, 3.05) is 18.1 Å². The van der Waals surface area contributed by atoms with Crippen molar-refractivity contribution in [1.29, 1.82) is 0 Å². The molecule has 0 atom stereocenters. The number of unbranched alkanes of at least 4 members (excludes halogenated alkanes) is 6. The lowest BCUT2D eigenvalue weighted by Gasteiger charge is -2.05. The molecule has 0 rings (SSSR count). The highest BCUT2D eigenvalue weighted by molar-refractivity contribution is 8.47. The van der Waals surface area contributed by atoms with E-state index in [0.717, 1.165) is 34.3 Å². The van der Waals surface area contributed by atoms with Crippen molar-refractivity contribution in [3.8, 4) is 0 Å². The van der Waals surface area contributed by atoms with Gasteiger partial charge in [-0.05, 0) is 30.8 Å².